The van der Waals surface area contributed by atoms with Crippen molar-refractivity contribution in [2.24, 2.45) is 0 Å². The smallest absolute Gasteiger partial charge is 0.255 e. The third kappa shape index (κ3) is 2.85. The van der Waals surface area contributed by atoms with Gasteiger partial charge in [-0.3, -0.25) is 4.79 Å². The Bertz CT molecular complexity index is 887. The second-order valence-corrected chi connectivity index (χ2v) is 7.96. The number of nitrogens with zero attached hydrogens (tertiary/aromatic N) is 4. The van der Waals surface area contributed by atoms with Crippen molar-refractivity contribution in [3.05, 3.63) is 47.2 Å². The number of aromatic nitrogens is 3. The molecule has 0 aromatic carbocycles. The summed E-state index contributed by atoms with van der Waals surface area (Å²) in [6.45, 7) is 1.55. The van der Waals surface area contributed by atoms with Crippen LogP contribution in [0.5, 0.6) is 5.88 Å². The van der Waals surface area contributed by atoms with E-state index in [1.807, 2.05) is 6.20 Å². The topological polar surface area (TPSA) is 77.4 Å². The molecule has 2 aliphatic heterocycles. The minimum atomic E-state index is -0.448. The quantitative estimate of drug-likeness (QED) is 0.815. The molecule has 3 aliphatic rings. The van der Waals surface area contributed by atoms with Gasteiger partial charge in [-0.25, -0.2) is 15.0 Å². The molecule has 1 aliphatic carbocycles. The number of rotatable bonds is 3. The first-order chi connectivity index (χ1) is 13.7. The Morgan fingerprint density at radius 2 is 2.00 bits per heavy atom. The number of amides is 1. The maximum absolute atomic E-state index is 12.7. The third-order valence-electron chi connectivity index (χ3n) is 6.20. The van der Waals surface area contributed by atoms with Gasteiger partial charge >= 0.3 is 0 Å². The molecule has 2 aromatic heterocycles. The predicted molar refractivity (Wildman–Crippen MR) is 101 cm³/mol. The third-order valence-corrected chi connectivity index (χ3v) is 6.20. The lowest BCUT2D eigenvalue weighted by Crippen LogP contribution is -2.61. The molecule has 7 heteroatoms. The van der Waals surface area contributed by atoms with Crippen LogP contribution >= 0.6 is 0 Å². The van der Waals surface area contributed by atoms with Crippen LogP contribution in [0.25, 0.3) is 0 Å². The molecule has 1 amide bonds. The van der Waals surface area contributed by atoms with Crippen LogP contribution in [0.2, 0.25) is 0 Å². The first-order valence-corrected chi connectivity index (χ1v) is 9.98. The summed E-state index contributed by atoms with van der Waals surface area (Å²) < 4.78 is 11.2. The van der Waals surface area contributed by atoms with E-state index in [-0.39, 0.29) is 5.91 Å². The summed E-state index contributed by atoms with van der Waals surface area (Å²) >= 11 is 0. The number of likely N-dealkylation sites (tertiary alicyclic amines) is 1. The van der Waals surface area contributed by atoms with Crippen molar-refractivity contribution in [3.63, 3.8) is 0 Å². The summed E-state index contributed by atoms with van der Waals surface area (Å²) in [5.41, 5.74) is 2.14. The molecule has 28 heavy (non-hydrogen) atoms. The van der Waals surface area contributed by atoms with Crippen LogP contribution < -0.4 is 4.74 Å². The van der Waals surface area contributed by atoms with Crippen molar-refractivity contribution in [1.82, 2.24) is 19.9 Å². The minimum absolute atomic E-state index is 0.0439. The van der Waals surface area contributed by atoms with Crippen LogP contribution in [0.1, 0.15) is 65.5 Å². The molecule has 5 rings (SSSR count). The van der Waals surface area contributed by atoms with Gasteiger partial charge in [0.2, 0.25) is 5.88 Å². The molecule has 0 bridgehead atoms. The molecule has 1 spiro atoms. The second-order valence-electron chi connectivity index (χ2n) is 7.96. The van der Waals surface area contributed by atoms with Gasteiger partial charge < -0.3 is 14.4 Å². The zero-order valence-corrected chi connectivity index (χ0v) is 16.1. The molecule has 0 atom stereocenters. The molecular weight excluding hydrogens is 356 g/mol. The maximum atomic E-state index is 12.7. The van der Waals surface area contributed by atoms with E-state index in [1.165, 1.54) is 32.1 Å². The summed E-state index contributed by atoms with van der Waals surface area (Å²) in [7, 11) is 1.56. The van der Waals surface area contributed by atoms with Crippen molar-refractivity contribution in [2.75, 3.05) is 20.2 Å². The van der Waals surface area contributed by atoms with E-state index >= 15 is 0 Å². The zero-order chi connectivity index (χ0) is 19.1. The monoisotopic (exact) mass is 380 g/mol. The number of ether oxygens (including phenoxy) is 2. The summed E-state index contributed by atoms with van der Waals surface area (Å²) in [4.78, 5) is 28.1. The molecule has 2 fully saturated rings. The van der Waals surface area contributed by atoms with Gasteiger partial charge in [-0.2, -0.15) is 0 Å². The maximum Gasteiger partial charge on any atom is 0.255 e. The van der Waals surface area contributed by atoms with E-state index in [4.69, 9.17) is 14.5 Å². The lowest BCUT2D eigenvalue weighted by molar-refractivity contribution is -0.126. The van der Waals surface area contributed by atoms with Crippen molar-refractivity contribution >= 4 is 5.91 Å². The van der Waals surface area contributed by atoms with Crippen LogP contribution in [-0.2, 0) is 16.9 Å². The van der Waals surface area contributed by atoms with E-state index in [0.29, 0.717) is 37.1 Å². The van der Waals surface area contributed by atoms with Crippen LogP contribution in [-0.4, -0.2) is 46.0 Å². The van der Waals surface area contributed by atoms with Gasteiger partial charge in [0.05, 0.1) is 38.1 Å². The molecule has 1 saturated carbocycles. The van der Waals surface area contributed by atoms with E-state index in [1.54, 1.807) is 30.3 Å². The second kappa shape index (κ2) is 6.81. The van der Waals surface area contributed by atoms with Crippen LogP contribution in [0.15, 0.2) is 24.5 Å². The Morgan fingerprint density at radius 3 is 2.71 bits per heavy atom. The number of pyridine rings is 1. The molecule has 0 N–H and O–H groups in total. The largest absolute Gasteiger partial charge is 0.481 e. The number of carbonyl (C=O) groups excluding carboxylic acids is 1. The number of fused-ring (bicyclic) bond motifs is 2. The predicted octanol–water partition coefficient (Wildman–Crippen LogP) is 2.81. The fourth-order valence-corrected chi connectivity index (χ4v) is 4.55. The molecule has 7 nitrogen and oxygen atoms in total. The Kier molecular flexibility index (Phi) is 4.27. The Morgan fingerprint density at radius 1 is 1.18 bits per heavy atom. The summed E-state index contributed by atoms with van der Waals surface area (Å²) in [5, 5.41) is 0. The molecule has 1 saturated heterocycles. The van der Waals surface area contributed by atoms with E-state index in [2.05, 4.69) is 9.97 Å². The Hall–Kier alpha value is -2.54. The van der Waals surface area contributed by atoms with Gasteiger partial charge in [0.15, 0.2) is 0 Å². The SMILES string of the molecule is COc1ccc(C(=O)N2CC3(C2)OCc2nc(C4CCCCC4)ncc23)cn1. The van der Waals surface area contributed by atoms with Crippen LogP contribution in [0.4, 0.5) is 0 Å². The van der Waals surface area contributed by atoms with Crippen molar-refractivity contribution in [3.8, 4) is 5.88 Å². The number of methoxy groups -OCH3 is 1. The zero-order valence-electron chi connectivity index (χ0n) is 16.1. The van der Waals surface area contributed by atoms with Crippen LogP contribution in [0.3, 0.4) is 0 Å². The average Bonchev–Trinajstić information content (AvgIpc) is 3.12. The highest BCUT2D eigenvalue weighted by Crippen LogP contribution is 2.43. The van der Waals surface area contributed by atoms with Gasteiger partial charge in [0.1, 0.15) is 11.4 Å². The number of hydrogen-bond acceptors (Lipinski definition) is 6. The van der Waals surface area contributed by atoms with Gasteiger partial charge in [-0.05, 0) is 18.9 Å². The first-order valence-electron chi connectivity index (χ1n) is 9.98. The number of carbonyl (C=O) groups is 1. The average molecular weight is 380 g/mol. The van der Waals surface area contributed by atoms with E-state index in [9.17, 15) is 4.79 Å². The number of hydrogen-bond donors (Lipinski definition) is 0. The minimum Gasteiger partial charge on any atom is -0.481 e. The first kappa shape index (κ1) is 17.6. The van der Waals surface area contributed by atoms with Crippen molar-refractivity contribution in [2.45, 2.75) is 50.2 Å². The lowest BCUT2D eigenvalue weighted by atomic mass is 9.86. The highest BCUT2D eigenvalue weighted by atomic mass is 16.5. The molecule has 0 unspecified atom stereocenters. The van der Waals surface area contributed by atoms with Gasteiger partial charge in [0.25, 0.3) is 5.91 Å². The highest BCUT2D eigenvalue weighted by Gasteiger charge is 2.52. The summed E-state index contributed by atoms with van der Waals surface area (Å²) in [6.07, 6.45) is 9.71. The lowest BCUT2D eigenvalue weighted by Gasteiger charge is -2.47. The normalized spacial score (nSPS) is 20.7. The standard InChI is InChI=1S/C21H24N4O3/c1-27-18-8-7-15(9-22-18)20(26)25-12-21(13-25)16-10-23-19(24-17(16)11-28-21)14-5-3-2-4-6-14/h7-10,14H,2-6,11-13H2,1H3. The Balaban J connectivity index is 1.29. The molecular formula is C21H24N4O3. The summed E-state index contributed by atoms with van der Waals surface area (Å²) in [6, 6.07) is 3.44. The van der Waals surface area contributed by atoms with E-state index < -0.39 is 5.60 Å². The van der Waals surface area contributed by atoms with Gasteiger partial charge in [-0.15, -0.1) is 0 Å². The van der Waals surface area contributed by atoms with Crippen molar-refractivity contribution < 1.29 is 14.3 Å². The fraction of sp³-hybridized carbons (Fsp3) is 0.524. The highest BCUT2D eigenvalue weighted by molar-refractivity contribution is 5.94. The van der Waals surface area contributed by atoms with Crippen LogP contribution in [0, 0.1) is 0 Å². The Labute approximate surface area is 164 Å². The van der Waals surface area contributed by atoms with Crippen molar-refractivity contribution in [1.29, 1.82) is 0 Å². The molecule has 0 radical (unpaired) electrons. The molecule has 146 valence electrons. The summed E-state index contributed by atoms with van der Waals surface area (Å²) in [5.74, 6) is 1.90. The molecule has 4 heterocycles. The molecule has 2 aromatic rings. The fourth-order valence-electron chi connectivity index (χ4n) is 4.55. The van der Waals surface area contributed by atoms with E-state index in [0.717, 1.165) is 17.1 Å². The van der Waals surface area contributed by atoms with Gasteiger partial charge in [-0.1, -0.05) is 19.3 Å². The van der Waals surface area contributed by atoms with Gasteiger partial charge in [0, 0.05) is 29.9 Å².